The first-order valence-corrected chi connectivity index (χ1v) is 9.59. The second-order valence-corrected chi connectivity index (χ2v) is 7.01. The highest BCUT2D eigenvalue weighted by Gasteiger charge is 2.07. The highest BCUT2D eigenvalue weighted by molar-refractivity contribution is 7.99. The van der Waals surface area contributed by atoms with Crippen LogP contribution in [0.25, 0.3) is 0 Å². The Morgan fingerprint density at radius 3 is 2.33 bits per heavy atom. The molecule has 5 nitrogen and oxygen atoms in total. The van der Waals surface area contributed by atoms with Crippen LogP contribution in [0.1, 0.15) is 17.0 Å². The summed E-state index contributed by atoms with van der Waals surface area (Å²) in [5.74, 6) is 1.01. The van der Waals surface area contributed by atoms with E-state index in [9.17, 15) is 4.79 Å². The standard InChI is InChI=1S/C21H21N3O2S/c1-15-12-16(2)23-21(22-15)27-14-20(25)24-18-10-8-17(9-11-18)13-26-19-6-4-3-5-7-19/h3-12H,13-14H2,1-2H3,(H,24,25). The predicted molar refractivity (Wildman–Crippen MR) is 108 cm³/mol. The van der Waals surface area contributed by atoms with Crippen molar-refractivity contribution in [2.75, 3.05) is 11.1 Å². The molecule has 2 aromatic carbocycles. The molecule has 1 aromatic heterocycles. The predicted octanol–water partition coefficient (Wildman–Crippen LogP) is 4.40. The zero-order chi connectivity index (χ0) is 19.1. The normalized spacial score (nSPS) is 10.4. The van der Waals surface area contributed by atoms with Gasteiger partial charge in [-0.3, -0.25) is 4.79 Å². The first kappa shape index (κ1) is 18.9. The lowest BCUT2D eigenvalue weighted by Crippen LogP contribution is -2.14. The Kier molecular flexibility index (Phi) is 6.44. The van der Waals surface area contributed by atoms with E-state index < -0.39 is 0 Å². The lowest BCUT2D eigenvalue weighted by Gasteiger charge is -2.08. The van der Waals surface area contributed by atoms with Gasteiger partial charge in [0, 0.05) is 17.1 Å². The fourth-order valence-corrected chi connectivity index (χ4v) is 3.20. The van der Waals surface area contributed by atoms with E-state index in [0.29, 0.717) is 11.8 Å². The minimum absolute atomic E-state index is 0.0870. The summed E-state index contributed by atoms with van der Waals surface area (Å²) in [6, 6.07) is 19.2. The van der Waals surface area contributed by atoms with Gasteiger partial charge in [-0.25, -0.2) is 9.97 Å². The Morgan fingerprint density at radius 1 is 1.00 bits per heavy atom. The van der Waals surface area contributed by atoms with Crippen LogP contribution in [0.15, 0.2) is 65.8 Å². The van der Waals surface area contributed by atoms with Crippen molar-refractivity contribution in [3.05, 3.63) is 77.6 Å². The van der Waals surface area contributed by atoms with Gasteiger partial charge < -0.3 is 10.1 Å². The van der Waals surface area contributed by atoms with E-state index in [2.05, 4.69) is 15.3 Å². The maximum Gasteiger partial charge on any atom is 0.234 e. The van der Waals surface area contributed by atoms with Crippen LogP contribution in [0, 0.1) is 13.8 Å². The molecule has 0 atom stereocenters. The fraction of sp³-hybridized carbons (Fsp3) is 0.190. The zero-order valence-electron chi connectivity index (χ0n) is 15.3. The molecule has 0 aliphatic heterocycles. The number of aromatic nitrogens is 2. The number of carbonyl (C=O) groups is 1. The number of hydrogen-bond donors (Lipinski definition) is 1. The van der Waals surface area contributed by atoms with Crippen molar-refractivity contribution in [2.24, 2.45) is 0 Å². The van der Waals surface area contributed by atoms with Crippen molar-refractivity contribution in [3.8, 4) is 5.75 Å². The quantitative estimate of drug-likeness (QED) is 0.487. The number of hydrogen-bond acceptors (Lipinski definition) is 5. The maximum absolute atomic E-state index is 12.1. The third kappa shape index (κ3) is 6.11. The van der Waals surface area contributed by atoms with Gasteiger partial charge in [-0.15, -0.1) is 0 Å². The third-order valence-corrected chi connectivity index (χ3v) is 4.53. The molecule has 6 heteroatoms. The monoisotopic (exact) mass is 379 g/mol. The van der Waals surface area contributed by atoms with E-state index in [-0.39, 0.29) is 11.7 Å². The smallest absolute Gasteiger partial charge is 0.234 e. The molecule has 0 aliphatic rings. The third-order valence-electron chi connectivity index (χ3n) is 3.68. The first-order chi connectivity index (χ1) is 13.1. The maximum atomic E-state index is 12.1. The minimum atomic E-state index is -0.0870. The summed E-state index contributed by atoms with van der Waals surface area (Å²) in [4.78, 5) is 20.8. The van der Waals surface area contributed by atoms with E-state index in [0.717, 1.165) is 28.4 Å². The summed E-state index contributed by atoms with van der Waals surface area (Å²) in [6.45, 7) is 4.32. The van der Waals surface area contributed by atoms with Gasteiger partial charge in [0.2, 0.25) is 5.91 Å². The number of benzene rings is 2. The topological polar surface area (TPSA) is 64.1 Å². The Balaban J connectivity index is 1.48. The molecule has 1 amide bonds. The molecule has 1 N–H and O–H groups in total. The van der Waals surface area contributed by atoms with Gasteiger partial charge >= 0.3 is 0 Å². The van der Waals surface area contributed by atoms with Gasteiger partial charge in [0.05, 0.1) is 5.75 Å². The Labute approximate surface area is 163 Å². The molecule has 3 aromatic rings. The molecule has 138 valence electrons. The lowest BCUT2D eigenvalue weighted by molar-refractivity contribution is -0.113. The molecule has 0 bridgehead atoms. The van der Waals surface area contributed by atoms with Crippen molar-refractivity contribution in [2.45, 2.75) is 25.6 Å². The Morgan fingerprint density at radius 2 is 1.67 bits per heavy atom. The van der Waals surface area contributed by atoms with Crippen molar-refractivity contribution < 1.29 is 9.53 Å². The summed E-state index contributed by atoms with van der Waals surface area (Å²) in [6.07, 6.45) is 0. The van der Waals surface area contributed by atoms with E-state index in [1.807, 2.05) is 74.5 Å². The van der Waals surface area contributed by atoms with Crippen LogP contribution in [0.3, 0.4) is 0 Å². The van der Waals surface area contributed by atoms with E-state index in [4.69, 9.17) is 4.74 Å². The molecule has 0 radical (unpaired) electrons. The summed E-state index contributed by atoms with van der Waals surface area (Å²) in [5.41, 5.74) is 3.60. The minimum Gasteiger partial charge on any atom is -0.489 e. The number of amides is 1. The van der Waals surface area contributed by atoms with Crippen LogP contribution in [-0.4, -0.2) is 21.6 Å². The molecular formula is C21H21N3O2S. The van der Waals surface area contributed by atoms with Crippen LogP contribution in [-0.2, 0) is 11.4 Å². The van der Waals surface area contributed by atoms with Gasteiger partial charge in [-0.1, -0.05) is 42.1 Å². The number of ether oxygens (including phenoxy) is 1. The van der Waals surface area contributed by atoms with Gasteiger partial charge in [-0.05, 0) is 49.7 Å². The number of aryl methyl sites for hydroxylation is 2. The van der Waals surface area contributed by atoms with Crippen LogP contribution in [0.4, 0.5) is 5.69 Å². The summed E-state index contributed by atoms with van der Waals surface area (Å²) in [7, 11) is 0. The molecule has 0 spiro atoms. The fourth-order valence-electron chi connectivity index (χ4n) is 2.45. The molecule has 0 unspecified atom stereocenters. The van der Waals surface area contributed by atoms with E-state index in [1.54, 1.807) is 0 Å². The molecule has 0 saturated carbocycles. The summed E-state index contributed by atoms with van der Waals surface area (Å²) < 4.78 is 5.72. The van der Waals surface area contributed by atoms with Crippen LogP contribution in [0.5, 0.6) is 5.75 Å². The summed E-state index contributed by atoms with van der Waals surface area (Å²) in [5, 5.41) is 3.51. The number of para-hydroxylation sites is 1. The van der Waals surface area contributed by atoms with Gasteiger partial charge in [0.1, 0.15) is 12.4 Å². The largest absolute Gasteiger partial charge is 0.489 e. The van der Waals surface area contributed by atoms with Crippen LogP contribution < -0.4 is 10.1 Å². The van der Waals surface area contributed by atoms with E-state index in [1.165, 1.54) is 11.8 Å². The van der Waals surface area contributed by atoms with Crippen molar-refractivity contribution in [1.29, 1.82) is 0 Å². The number of nitrogens with zero attached hydrogens (tertiary/aromatic N) is 2. The Bertz CT molecular complexity index is 879. The van der Waals surface area contributed by atoms with Crippen LogP contribution in [0.2, 0.25) is 0 Å². The summed E-state index contributed by atoms with van der Waals surface area (Å²) >= 11 is 1.33. The number of thioether (sulfide) groups is 1. The highest BCUT2D eigenvalue weighted by Crippen LogP contribution is 2.16. The zero-order valence-corrected chi connectivity index (χ0v) is 16.1. The SMILES string of the molecule is Cc1cc(C)nc(SCC(=O)Nc2ccc(COc3ccccc3)cc2)n1. The molecule has 0 aliphatic carbocycles. The molecular weight excluding hydrogens is 358 g/mol. The van der Waals surface area contributed by atoms with Crippen molar-refractivity contribution in [1.82, 2.24) is 9.97 Å². The lowest BCUT2D eigenvalue weighted by atomic mass is 10.2. The van der Waals surface area contributed by atoms with Crippen molar-refractivity contribution in [3.63, 3.8) is 0 Å². The molecule has 0 fully saturated rings. The van der Waals surface area contributed by atoms with Gasteiger partial charge in [-0.2, -0.15) is 0 Å². The molecule has 3 rings (SSSR count). The van der Waals surface area contributed by atoms with Crippen LogP contribution >= 0.6 is 11.8 Å². The molecule has 0 saturated heterocycles. The Hall–Kier alpha value is -2.86. The van der Waals surface area contributed by atoms with Gasteiger partial charge in [0.15, 0.2) is 5.16 Å². The first-order valence-electron chi connectivity index (χ1n) is 8.60. The number of anilines is 1. The molecule has 27 heavy (non-hydrogen) atoms. The highest BCUT2D eigenvalue weighted by atomic mass is 32.2. The number of carbonyl (C=O) groups excluding carboxylic acids is 1. The van der Waals surface area contributed by atoms with Gasteiger partial charge in [0.25, 0.3) is 0 Å². The molecule has 1 heterocycles. The van der Waals surface area contributed by atoms with Crippen molar-refractivity contribution >= 4 is 23.4 Å². The average Bonchev–Trinajstić information content (AvgIpc) is 2.66. The number of nitrogens with one attached hydrogen (secondary N) is 1. The second-order valence-electron chi connectivity index (χ2n) is 6.07. The number of rotatable bonds is 7. The average molecular weight is 379 g/mol. The van der Waals surface area contributed by atoms with E-state index >= 15 is 0 Å². The second kappa shape index (κ2) is 9.19.